The lowest BCUT2D eigenvalue weighted by atomic mass is 9.86. The van der Waals surface area contributed by atoms with Gasteiger partial charge < -0.3 is 14.0 Å². The van der Waals surface area contributed by atoms with Crippen molar-refractivity contribution in [3.05, 3.63) is 35.4 Å². The van der Waals surface area contributed by atoms with Crippen LogP contribution in [0.5, 0.6) is 0 Å². The zero-order valence-corrected chi connectivity index (χ0v) is 15.3. The lowest BCUT2D eigenvalue weighted by molar-refractivity contribution is -0.164. The molecular formula is C17H19Cl2N3O2. The van der Waals surface area contributed by atoms with Gasteiger partial charge in [0.1, 0.15) is 16.9 Å². The fourth-order valence-electron chi connectivity index (χ4n) is 3.96. The average molecular weight is 368 g/mol. The second kappa shape index (κ2) is 5.18. The van der Waals surface area contributed by atoms with Crippen molar-refractivity contribution >= 4 is 34.2 Å². The van der Waals surface area contributed by atoms with Crippen molar-refractivity contribution in [3.8, 4) is 0 Å². The van der Waals surface area contributed by atoms with Crippen LogP contribution in [0.25, 0.3) is 11.0 Å². The lowest BCUT2D eigenvalue weighted by Crippen LogP contribution is -2.31. The van der Waals surface area contributed by atoms with Crippen molar-refractivity contribution in [2.75, 3.05) is 0 Å². The standard InChI is InChI=1S/C17H19Cl2N3O2/c1-5-17(4)8-10(11-12(17)24-16(2,3)23-11)22-7-6-9-13(18)20-15(19)21-14(9)22/h5-7,10-12H,1,8H2,2-4H3/t10-,11+,12+,17+/m1/s1. The monoisotopic (exact) mass is 367 g/mol. The van der Waals surface area contributed by atoms with Gasteiger partial charge in [0.15, 0.2) is 5.79 Å². The molecule has 0 N–H and O–H groups in total. The number of fused-ring (bicyclic) bond motifs is 2. The van der Waals surface area contributed by atoms with E-state index in [1.165, 1.54) is 0 Å². The van der Waals surface area contributed by atoms with Crippen LogP contribution >= 0.6 is 23.2 Å². The van der Waals surface area contributed by atoms with Crippen LogP contribution in [-0.2, 0) is 9.47 Å². The van der Waals surface area contributed by atoms with Gasteiger partial charge in [-0.05, 0) is 37.9 Å². The Morgan fingerprint density at radius 1 is 1.29 bits per heavy atom. The maximum atomic E-state index is 6.22. The van der Waals surface area contributed by atoms with Gasteiger partial charge in [-0.15, -0.1) is 6.58 Å². The molecule has 2 aliphatic rings. The largest absolute Gasteiger partial charge is 0.344 e. The van der Waals surface area contributed by atoms with Crippen LogP contribution in [0.15, 0.2) is 24.9 Å². The third-order valence-corrected chi connectivity index (χ3v) is 5.59. The number of halogens is 2. The molecule has 4 rings (SSSR count). The third-order valence-electron chi connectivity index (χ3n) is 5.13. The number of aromatic nitrogens is 3. The molecule has 2 fully saturated rings. The highest BCUT2D eigenvalue weighted by atomic mass is 35.5. The first-order valence-corrected chi connectivity index (χ1v) is 8.68. The summed E-state index contributed by atoms with van der Waals surface area (Å²) in [6, 6.07) is 1.97. The summed E-state index contributed by atoms with van der Waals surface area (Å²) in [5, 5.41) is 1.27. The Morgan fingerprint density at radius 2 is 2.04 bits per heavy atom. The van der Waals surface area contributed by atoms with Crippen LogP contribution in [0.4, 0.5) is 0 Å². The summed E-state index contributed by atoms with van der Waals surface area (Å²) in [6.07, 6.45) is 4.62. The Labute approximate surface area is 150 Å². The van der Waals surface area contributed by atoms with Crippen LogP contribution in [0.3, 0.4) is 0 Å². The van der Waals surface area contributed by atoms with E-state index in [9.17, 15) is 0 Å². The molecule has 3 heterocycles. The molecule has 4 atom stereocenters. The molecule has 2 aromatic rings. The van der Waals surface area contributed by atoms with E-state index in [2.05, 4.69) is 28.0 Å². The summed E-state index contributed by atoms with van der Waals surface area (Å²) in [5.41, 5.74) is 0.533. The summed E-state index contributed by atoms with van der Waals surface area (Å²) in [7, 11) is 0. The fourth-order valence-corrected chi connectivity index (χ4v) is 4.39. The van der Waals surface area contributed by atoms with Crippen molar-refractivity contribution in [3.63, 3.8) is 0 Å². The Bertz CT molecular complexity index is 835. The lowest BCUT2D eigenvalue weighted by Gasteiger charge is -2.28. The Morgan fingerprint density at radius 3 is 2.75 bits per heavy atom. The van der Waals surface area contributed by atoms with Crippen molar-refractivity contribution in [2.24, 2.45) is 5.41 Å². The third kappa shape index (κ3) is 2.30. The van der Waals surface area contributed by atoms with Gasteiger partial charge in [0.2, 0.25) is 5.28 Å². The highest BCUT2D eigenvalue weighted by Gasteiger charge is 2.59. The van der Waals surface area contributed by atoms with Gasteiger partial charge in [0.25, 0.3) is 0 Å². The molecule has 2 aromatic heterocycles. The summed E-state index contributed by atoms with van der Waals surface area (Å²) < 4.78 is 14.5. The number of rotatable bonds is 2. The topological polar surface area (TPSA) is 49.2 Å². The van der Waals surface area contributed by atoms with Gasteiger partial charge in [-0.3, -0.25) is 0 Å². The molecule has 0 amide bonds. The summed E-state index contributed by atoms with van der Waals surface area (Å²) >= 11 is 12.2. The summed E-state index contributed by atoms with van der Waals surface area (Å²) in [4.78, 5) is 8.39. The maximum Gasteiger partial charge on any atom is 0.225 e. The van der Waals surface area contributed by atoms with Crippen LogP contribution in [0.1, 0.15) is 33.2 Å². The van der Waals surface area contributed by atoms with Gasteiger partial charge in [0, 0.05) is 11.6 Å². The quantitative estimate of drug-likeness (QED) is 0.448. The minimum absolute atomic E-state index is 0.0549. The second-order valence-electron chi connectivity index (χ2n) is 7.25. The van der Waals surface area contributed by atoms with Crippen LogP contribution in [0.2, 0.25) is 10.4 Å². The van der Waals surface area contributed by atoms with E-state index in [-0.39, 0.29) is 28.9 Å². The highest BCUT2D eigenvalue weighted by Crippen LogP contribution is 2.54. The smallest absolute Gasteiger partial charge is 0.225 e. The molecule has 0 aromatic carbocycles. The predicted molar refractivity (Wildman–Crippen MR) is 93.3 cm³/mol. The Balaban J connectivity index is 1.84. The average Bonchev–Trinajstić information content (AvgIpc) is 3.11. The first-order chi connectivity index (χ1) is 11.2. The molecule has 128 valence electrons. The fraction of sp³-hybridized carbons (Fsp3) is 0.529. The van der Waals surface area contributed by atoms with Gasteiger partial charge >= 0.3 is 0 Å². The zero-order chi connectivity index (χ0) is 17.3. The van der Waals surface area contributed by atoms with Crippen molar-refractivity contribution < 1.29 is 9.47 Å². The molecule has 0 unspecified atom stereocenters. The molecule has 1 aliphatic heterocycles. The molecule has 0 spiro atoms. The van der Waals surface area contributed by atoms with Gasteiger partial charge in [-0.1, -0.05) is 24.6 Å². The molecule has 0 bridgehead atoms. The van der Waals surface area contributed by atoms with Crippen molar-refractivity contribution in [1.29, 1.82) is 0 Å². The Hall–Kier alpha value is -1.14. The normalized spacial score (nSPS) is 34.6. The molecule has 24 heavy (non-hydrogen) atoms. The van der Waals surface area contributed by atoms with Crippen LogP contribution in [0, 0.1) is 5.41 Å². The van der Waals surface area contributed by atoms with E-state index in [0.29, 0.717) is 10.8 Å². The molecule has 0 radical (unpaired) electrons. The first-order valence-electron chi connectivity index (χ1n) is 7.93. The Kier molecular flexibility index (Phi) is 3.52. The number of ether oxygens (including phenoxy) is 2. The molecule has 7 heteroatoms. The molecule has 1 aliphatic carbocycles. The maximum absolute atomic E-state index is 6.22. The van der Waals surface area contributed by atoms with E-state index in [1.807, 2.05) is 32.2 Å². The van der Waals surface area contributed by atoms with E-state index >= 15 is 0 Å². The van der Waals surface area contributed by atoms with Gasteiger partial charge in [-0.2, -0.15) is 4.98 Å². The molecular weight excluding hydrogens is 349 g/mol. The SMILES string of the molecule is C=C[C@@]1(C)C[C@@H](n2ccc3c(Cl)nc(Cl)nc32)[C@@H]2OC(C)(C)O[C@@H]21. The molecule has 5 nitrogen and oxygen atoms in total. The zero-order valence-electron chi connectivity index (χ0n) is 13.8. The predicted octanol–water partition coefficient (Wildman–Crippen LogP) is 4.40. The van der Waals surface area contributed by atoms with E-state index in [1.54, 1.807) is 0 Å². The second-order valence-corrected chi connectivity index (χ2v) is 7.94. The number of hydrogen-bond acceptors (Lipinski definition) is 4. The molecule has 1 saturated heterocycles. The minimum Gasteiger partial charge on any atom is -0.344 e. The van der Waals surface area contributed by atoms with Crippen molar-refractivity contribution in [1.82, 2.24) is 14.5 Å². The van der Waals surface area contributed by atoms with E-state index in [0.717, 1.165) is 11.8 Å². The summed E-state index contributed by atoms with van der Waals surface area (Å²) in [6.45, 7) is 10.1. The van der Waals surface area contributed by atoms with E-state index < -0.39 is 5.79 Å². The van der Waals surface area contributed by atoms with Crippen molar-refractivity contribution in [2.45, 2.75) is 51.2 Å². The van der Waals surface area contributed by atoms with E-state index in [4.69, 9.17) is 32.7 Å². The number of hydrogen-bond donors (Lipinski definition) is 0. The van der Waals surface area contributed by atoms with Crippen LogP contribution < -0.4 is 0 Å². The van der Waals surface area contributed by atoms with Gasteiger partial charge in [0.05, 0.1) is 17.5 Å². The minimum atomic E-state index is -0.620. The number of nitrogens with zero attached hydrogens (tertiary/aromatic N) is 3. The van der Waals surface area contributed by atoms with Crippen LogP contribution in [-0.4, -0.2) is 32.5 Å². The highest BCUT2D eigenvalue weighted by molar-refractivity contribution is 6.35. The first kappa shape index (κ1) is 16.3. The molecule has 1 saturated carbocycles. The van der Waals surface area contributed by atoms with Gasteiger partial charge in [-0.25, -0.2) is 4.98 Å². The summed E-state index contributed by atoms with van der Waals surface area (Å²) in [5.74, 6) is -0.620.